The van der Waals surface area contributed by atoms with E-state index in [0.717, 1.165) is 17.0 Å². The number of thiazole rings is 1. The molecule has 2 aromatic rings. The largest absolute Gasteiger partial charge is 0.323 e. The first kappa shape index (κ1) is 12.1. The van der Waals surface area contributed by atoms with Gasteiger partial charge in [0.2, 0.25) is 0 Å². The van der Waals surface area contributed by atoms with E-state index in [1.54, 1.807) is 11.3 Å². The van der Waals surface area contributed by atoms with E-state index in [2.05, 4.69) is 24.6 Å². The predicted molar refractivity (Wildman–Crippen MR) is 73.6 cm³/mol. The van der Waals surface area contributed by atoms with Crippen molar-refractivity contribution in [2.24, 2.45) is 4.99 Å². The maximum atomic E-state index is 4.70. The van der Waals surface area contributed by atoms with Crippen LogP contribution < -0.4 is 4.80 Å². The van der Waals surface area contributed by atoms with Gasteiger partial charge in [-0.05, 0) is 25.5 Å². The second-order valence-electron chi connectivity index (χ2n) is 4.12. The number of aryl methyl sites for hydroxylation is 2. The molecule has 17 heavy (non-hydrogen) atoms. The highest BCUT2D eigenvalue weighted by Gasteiger charge is 1.98. The molecule has 0 saturated carbocycles. The first-order chi connectivity index (χ1) is 8.29. The lowest BCUT2D eigenvalue weighted by Gasteiger charge is -2.00. The molecule has 0 saturated heterocycles. The van der Waals surface area contributed by atoms with E-state index in [4.69, 9.17) is 4.99 Å². The average Bonchev–Trinajstić information content (AvgIpc) is 2.68. The summed E-state index contributed by atoms with van der Waals surface area (Å²) in [5.74, 6) is 0. The van der Waals surface area contributed by atoms with Crippen molar-refractivity contribution in [1.29, 1.82) is 0 Å². The fourth-order valence-electron chi connectivity index (χ4n) is 1.69. The summed E-state index contributed by atoms with van der Waals surface area (Å²) in [6.07, 6.45) is 4.62. The Morgan fingerprint density at radius 3 is 2.71 bits per heavy atom. The summed E-state index contributed by atoms with van der Waals surface area (Å²) in [5, 5.41) is 0. The Labute approximate surface area is 106 Å². The van der Waals surface area contributed by atoms with Gasteiger partial charge >= 0.3 is 0 Å². The summed E-state index contributed by atoms with van der Waals surface area (Å²) in [6.45, 7) is 5.41. The Balaban J connectivity index is 2.34. The highest BCUT2D eigenvalue weighted by Crippen LogP contribution is 2.10. The van der Waals surface area contributed by atoms with Crippen molar-refractivity contribution in [2.45, 2.75) is 33.2 Å². The summed E-state index contributed by atoms with van der Waals surface area (Å²) < 4.78 is 2.26. The number of hydrogen-bond donors (Lipinski definition) is 0. The van der Waals surface area contributed by atoms with Crippen LogP contribution in [0.4, 0.5) is 5.69 Å². The van der Waals surface area contributed by atoms with Crippen LogP contribution in [-0.4, -0.2) is 4.57 Å². The molecule has 2 rings (SSSR count). The molecule has 0 bridgehead atoms. The number of unbranched alkanes of at least 4 members (excludes halogenated alkanes) is 1. The molecule has 1 aromatic heterocycles. The van der Waals surface area contributed by atoms with Gasteiger partial charge in [0.05, 0.1) is 5.69 Å². The molecule has 0 radical (unpaired) electrons. The van der Waals surface area contributed by atoms with Gasteiger partial charge in [-0.15, -0.1) is 11.3 Å². The lowest BCUT2D eigenvalue weighted by atomic mass is 10.3. The van der Waals surface area contributed by atoms with Crippen molar-refractivity contribution in [2.75, 3.05) is 0 Å². The van der Waals surface area contributed by atoms with E-state index in [-0.39, 0.29) is 0 Å². The molecular formula is C14H18N2S. The number of nitrogens with zero attached hydrogens (tertiary/aromatic N) is 2. The molecule has 0 N–H and O–H groups in total. The van der Waals surface area contributed by atoms with Crippen molar-refractivity contribution in [1.82, 2.24) is 4.57 Å². The summed E-state index contributed by atoms with van der Waals surface area (Å²) in [4.78, 5) is 7.11. The third-order valence-corrected chi connectivity index (χ3v) is 3.50. The van der Waals surface area contributed by atoms with Crippen molar-refractivity contribution in [3.8, 4) is 0 Å². The molecule has 0 unspecified atom stereocenters. The Hall–Kier alpha value is -1.35. The summed E-state index contributed by atoms with van der Waals surface area (Å²) in [6, 6.07) is 10.1. The van der Waals surface area contributed by atoms with Gasteiger partial charge in [0.1, 0.15) is 0 Å². The first-order valence-electron chi connectivity index (χ1n) is 6.06. The maximum absolute atomic E-state index is 4.70. The van der Waals surface area contributed by atoms with E-state index in [1.807, 2.05) is 30.3 Å². The van der Waals surface area contributed by atoms with Crippen LogP contribution in [-0.2, 0) is 6.54 Å². The number of hydrogen-bond acceptors (Lipinski definition) is 2. The fourth-order valence-corrected chi connectivity index (χ4v) is 2.57. The zero-order chi connectivity index (χ0) is 12.1. The monoisotopic (exact) mass is 246 g/mol. The van der Waals surface area contributed by atoms with Gasteiger partial charge in [-0.3, -0.25) is 0 Å². The third-order valence-electron chi connectivity index (χ3n) is 2.57. The predicted octanol–water partition coefficient (Wildman–Crippen LogP) is 3.89. The van der Waals surface area contributed by atoms with Crippen molar-refractivity contribution < 1.29 is 0 Å². The summed E-state index contributed by atoms with van der Waals surface area (Å²) in [5.41, 5.74) is 1.03. The van der Waals surface area contributed by atoms with Gasteiger partial charge < -0.3 is 4.57 Å². The smallest absolute Gasteiger partial charge is 0.190 e. The maximum Gasteiger partial charge on any atom is 0.190 e. The molecule has 0 atom stereocenters. The summed E-state index contributed by atoms with van der Waals surface area (Å²) in [7, 11) is 0. The Morgan fingerprint density at radius 2 is 2.00 bits per heavy atom. The normalized spacial score (nSPS) is 12.0. The number of benzene rings is 1. The van der Waals surface area contributed by atoms with E-state index in [0.29, 0.717) is 0 Å². The Bertz CT molecular complexity index is 523. The number of para-hydroxylation sites is 1. The first-order valence-corrected chi connectivity index (χ1v) is 6.88. The van der Waals surface area contributed by atoms with E-state index in [9.17, 15) is 0 Å². The molecule has 0 amide bonds. The van der Waals surface area contributed by atoms with Crippen LogP contribution >= 0.6 is 11.3 Å². The van der Waals surface area contributed by atoms with Gasteiger partial charge in [0.25, 0.3) is 0 Å². The zero-order valence-corrected chi connectivity index (χ0v) is 11.2. The van der Waals surface area contributed by atoms with Gasteiger partial charge in [0, 0.05) is 17.6 Å². The van der Waals surface area contributed by atoms with Crippen molar-refractivity contribution in [3.63, 3.8) is 0 Å². The lowest BCUT2D eigenvalue weighted by Crippen LogP contribution is -2.13. The molecule has 0 aliphatic rings. The molecule has 1 aromatic carbocycles. The molecule has 1 heterocycles. The minimum absolute atomic E-state index is 1.03. The molecule has 0 aliphatic carbocycles. The van der Waals surface area contributed by atoms with E-state index < -0.39 is 0 Å². The minimum Gasteiger partial charge on any atom is -0.323 e. The van der Waals surface area contributed by atoms with Crippen LogP contribution in [0.15, 0.2) is 41.5 Å². The molecule has 0 fully saturated rings. The second-order valence-corrected chi connectivity index (χ2v) is 5.33. The molecule has 90 valence electrons. The van der Waals surface area contributed by atoms with Crippen LogP contribution in [0, 0.1) is 6.92 Å². The van der Waals surface area contributed by atoms with Crippen LogP contribution in [0.25, 0.3) is 0 Å². The van der Waals surface area contributed by atoms with Crippen LogP contribution in [0.2, 0.25) is 0 Å². The zero-order valence-electron chi connectivity index (χ0n) is 10.4. The van der Waals surface area contributed by atoms with E-state index >= 15 is 0 Å². The van der Waals surface area contributed by atoms with Crippen molar-refractivity contribution in [3.05, 3.63) is 46.2 Å². The topological polar surface area (TPSA) is 17.3 Å². The van der Waals surface area contributed by atoms with Gasteiger partial charge in [-0.25, -0.2) is 4.99 Å². The molecule has 2 nitrogen and oxygen atoms in total. The van der Waals surface area contributed by atoms with E-state index in [1.165, 1.54) is 17.7 Å². The van der Waals surface area contributed by atoms with Crippen LogP contribution in [0.5, 0.6) is 0 Å². The average molecular weight is 246 g/mol. The SMILES string of the molecule is CCCCn1cc(C)sc1=Nc1ccccc1. The number of aromatic nitrogens is 1. The molecule has 0 aliphatic heterocycles. The second kappa shape index (κ2) is 5.82. The summed E-state index contributed by atoms with van der Waals surface area (Å²) >= 11 is 1.76. The molecule has 3 heteroatoms. The number of rotatable bonds is 4. The third kappa shape index (κ3) is 3.30. The van der Waals surface area contributed by atoms with Gasteiger partial charge in [-0.1, -0.05) is 31.5 Å². The highest BCUT2D eigenvalue weighted by atomic mass is 32.1. The van der Waals surface area contributed by atoms with Gasteiger partial charge in [-0.2, -0.15) is 0 Å². The fraction of sp³-hybridized carbons (Fsp3) is 0.357. The Morgan fingerprint density at radius 1 is 1.24 bits per heavy atom. The highest BCUT2D eigenvalue weighted by molar-refractivity contribution is 7.09. The Kier molecular flexibility index (Phi) is 4.15. The lowest BCUT2D eigenvalue weighted by molar-refractivity contribution is 0.618. The van der Waals surface area contributed by atoms with Crippen LogP contribution in [0.1, 0.15) is 24.6 Å². The standard InChI is InChI=1S/C14H18N2S/c1-3-4-10-16-11-12(2)17-14(16)15-13-8-6-5-7-9-13/h5-9,11H,3-4,10H2,1-2H3. The quantitative estimate of drug-likeness (QED) is 0.778. The molecule has 0 spiro atoms. The minimum atomic E-state index is 1.03. The van der Waals surface area contributed by atoms with Crippen LogP contribution in [0.3, 0.4) is 0 Å². The van der Waals surface area contributed by atoms with Gasteiger partial charge in [0.15, 0.2) is 4.80 Å². The molecular weight excluding hydrogens is 228 g/mol. The van der Waals surface area contributed by atoms with Crippen molar-refractivity contribution >= 4 is 17.0 Å².